The van der Waals surface area contributed by atoms with Crippen molar-refractivity contribution < 1.29 is 32.7 Å². The Morgan fingerprint density at radius 3 is 2.50 bits per heavy atom. The molecule has 3 rings (SSSR count). The third kappa shape index (κ3) is 4.13. The van der Waals surface area contributed by atoms with Crippen LogP contribution in [0.1, 0.15) is 54.4 Å². The summed E-state index contributed by atoms with van der Waals surface area (Å²) in [5.41, 5.74) is -1.15. The normalized spacial score (nSPS) is 25.6. The van der Waals surface area contributed by atoms with Gasteiger partial charge in [-0.1, -0.05) is 18.9 Å². The van der Waals surface area contributed by atoms with E-state index in [1.54, 1.807) is 0 Å². The third-order valence-electron chi connectivity index (χ3n) is 5.38. The SMILES string of the molecule is O=C(N[C@H]1CCCC[C@H]2CC[C@@H](C(=O)O)N2C1=O)c1cccc(C(F)(F)F)c1. The van der Waals surface area contributed by atoms with Crippen molar-refractivity contribution in [1.29, 1.82) is 0 Å². The van der Waals surface area contributed by atoms with Gasteiger partial charge in [-0.3, -0.25) is 9.59 Å². The van der Waals surface area contributed by atoms with E-state index in [-0.39, 0.29) is 11.6 Å². The summed E-state index contributed by atoms with van der Waals surface area (Å²) in [4.78, 5) is 38.3. The molecule has 2 aliphatic rings. The Morgan fingerprint density at radius 1 is 1.11 bits per heavy atom. The van der Waals surface area contributed by atoms with Crippen LogP contribution in [0.25, 0.3) is 0 Å². The highest BCUT2D eigenvalue weighted by Crippen LogP contribution is 2.32. The molecule has 0 radical (unpaired) electrons. The highest BCUT2D eigenvalue weighted by atomic mass is 19.4. The summed E-state index contributed by atoms with van der Waals surface area (Å²) in [6, 6.07) is 1.92. The first-order valence-corrected chi connectivity index (χ1v) is 9.21. The number of amides is 2. The molecule has 0 saturated carbocycles. The number of fused-ring (bicyclic) bond motifs is 1. The molecule has 2 heterocycles. The van der Waals surface area contributed by atoms with Crippen LogP contribution in [0.5, 0.6) is 0 Å². The number of alkyl halides is 3. The van der Waals surface area contributed by atoms with Crippen molar-refractivity contribution in [3.63, 3.8) is 0 Å². The lowest BCUT2D eigenvalue weighted by Gasteiger charge is -2.34. The van der Waals surface area contributed by atoms with Gasteiger partial charge in [0.05, 0.1) is 5.56 Å². The maximum atomic E-state index is 13.0. The van der Waals surface area contributed by atoms with Crippen molar-refractivity contribution in [3.8, 4) is 0 Å². The molecule has 0 unspecified atom stereocenters. The first-order chi connectivity index (χ1) is 13.2. The Bertz CT molecular complexity index is 781. The van der Waals surface area contributed by atoms with Crippen molar-refractivity contribution >= 4 is 17.8 Å². The monoisotopic (exact) mass is 398 g/mol. The molecule has 0 aromatic heterocycles. The number of aliphatic carboxylic acids is 1. The predicted molar refractivity (Wildman–Crippen MR) is 92.5 cm³/mol. The molecule has 1 aromatic rings. The number of rotatable bonds is 3. The fraction of sp³-hybridized carbons (Fsp3) is 0.526. The molecule has 0 bridgehead atoms. The first-order valence-electron chi connectivity index (χ1n) is 9.21. The van der Waals surface area contributed by atoms with Gasteiger partial charge in [0.25, 0.3) is 5.91 Å². The standard InChI is InChI=1S/C19H21F3N2O4/c20-19(21,22)12-5-3-4-11(10-12)16(25)23-14-7-2-1-6-13-8-9-15(18(27)28)24(13)17(14)26/h3-5,10,13-15H,1-2,6-9H2,(H,23,25)(H,27,28)/t13-,14-,15-/m0/s1. The van der Waals surface area contributed by atoms with Gasteiger partial charge in [0.2, 0.25) is 5.91 Å². The molecule has 0 spiro atoms. The van der Waals surface area contributed by atoms with Crippen LogP contribution >= 0.6 is 0 Å². The second-order valence-corrected chi connectivity index (χ2v) is 7.22. The van der Waals surface area contributed by atoms with Crippen LogP contribution in [-0.2, 0) is 15.8 Å². The number of hydrogen-bond acceptors (Lipinski definition) is 3. The molecule has 152 valence electrons. The van der Waals surface area contributed by atoms with Crippen molar-refractivity contribution in [3.05, 3.63) is 35.4 Å². The molecule has 3 atom stereocenters. The van der Waals surface area contributed by atoms with Crippen LogP contribution in [0.4, 0.5) is 13.2 Å². The van der Waals surface area contributed by atoms with Gasteiger partial charge in [-0.2, -0.15) is 13.2 Å². The van der Waals surface area contributed by atoms with Crippen molar-refractivity contribution in [1.82, 2.24) is 10.2 Å². The summed E-state index contributed by atoms with van der Waals surface area (Å²) >= 11 is 0. The Kier molecular flexibility index (Phi) is 5.62. The maximum absolute atomic E-state index is 13.0. The summed E-state index contributed by atoms with van der Waals surface area (Å²) in [7, 11) is 0. The maximum Gasteiger partial charge on any atom is 0.416 e. The minimum absolute atomic E-state index is 0.179. The van der Waals surface area contributed by atoms with E-state index in [0.717, 1.165) is 24.6 Å². The molecule has 6 nitrogen and oxygen atoms in total. The number of halogens is 3. The number of carbonyl (C=O) groups is 3. The van der Waals surface area contributed by atoms with Crippen molar-refractivity contribution in [2.45, 2.75) is 62.8 Å². The molecular formula is C19H21F3N2O4. The van der Waals surface area contributed by atoms with Crippen LogP contribution < -0.4 is 5.32 Å². The number of nitrogens with one attached hydrogen (secondary N) is 1. The quantitative estimate of drug-likeness (QED) is 0.820. The predicted octanol–water partition coefficient (Wildman–Crippen LogP) is 2.82. The number of carboxylic acid groups (broad SMARTS) is 1. The number of nitrogens with zero attached hydrogens (tertiary/aromatic N) is 1. The van der Waals surface area contributed by atoms with E-state index in [4.69, 9.17) is 0 Å². The van der Waals surface area contributed by atoms with Gasteiger partial charge in [0, 0.05) is 11.6 Å². The van der Waals surface area contributed by atoms with Crippen LogP contribution in [0.2, 0.25) is 0 Å². The summed E-state index contributed by atoms with van der Waals surface area (Å²) < 4.78 is 38.6. The minimum Gasteiger partial charge on any atom is -0.480 e. The molecule has 2 amide bonds. The summed E-state index contributed by atoms with van der Waals surface area (Å²) in [5, 5.41) is 11.9. The Hall–Kier alpha value is -2.58. The lowest BCUT2D eigenvalue weighted by molar-refractivity contribution is -0.151. The zero-order valence-corrected chi connectivity index (χ0v) is 15.0. The number of carboxylic acids is 1. The average Bonchev–Trinajstić information content (AvgIpc) is 3.05. The first kappa shape index (κ1) is 20.2. The zero-order chi connectivity index (χ0) is 20.5. The van der Waals surface area contributed by atoms with Gasteiger partial charge in [-0.25, -0.2) is 4.79 Å². The van der Waals surface area contributed by atoms with Crippen LogP contribution in [0.3, 0.4) is 0 Å². The second kappa shape index (κ2) is 7.81. The summed E-state index contributed by atoms with van der Waals surface area (Å²) in [6.07, 6.45) is -1.14. The third-order valence-corrected chi connectivity index (χ3v) is 5.38. The van der Waals surface area contributed by atoms with Gasteiger partial charge >= 0.3 is 12.1 Å². The largest absolute Gasteiger partial charge is 0.480 e. The van der Waals surface area contributed by atoms with Gasteiger partial charge in [0.1, 0.15) is 12.1 Å². The fourth-order valence-electron chi connectivity index (χ4n) is 3.99. The molecule has 2 aliphatic heterocycles. The van der Waals surface area contributed by atoms with Gasteiger partial charge in [-0.15, -0.1) is 0 Å². The van der Waals surface area contributed by atoms with Crippen molar-refractivity contribution in [2.24, 2.45) is 0 Å². The highest BCUT2D eigenvalue weighted by Gasteiger charge is 2.44. The van der Waals surface area contributed by atoms with E-state index < -0.39 is 41.6 Å². The molecule has 9 heteroatoms. The lowest BCUT2D eigenvalue weighted by atomic mass is 9.98. The van der Waals surface area contributed by atoms with Crippen LogP contribution in [0, 0.1) is 0 Å². The smallest absolute Gasteiger partial charge is 0.416 e. The van der Waals surface area contributed by atoms with E-state index >= 15 is 0 Å². The summed E-state index contributed by atoms with van der Waals surface area (Å²) in [5.74, 6) is -2.35. The number of benzene rings is 1. The van der Waals surface area contributed by atoms with Gasteiger partial charge in [0.15, 0.2) is 0 Å². The molecule has 0 aliphatic carbocycles. The highest BCUT2D eigenvalue weighted by molar-refractivity contribution is 5.98. The molecule has 2 fully saturated rings. The van der Waals surface area contributed by atoms with Crippen LogP contribution in [0.15, 0.2) is 24.3 Å². The second-order valence-electron chi connectivity index (χ2n) is 7.22. The Balaban J connectivity index is 1.79. The fourth-order valence-corrected chi connectivity index (χ4v) is 3.99. The molecule has 2 saturated heterocycles. The molecule has 2 N–H and O–H groups in total. The lowest BCUT2D eigenvalue weighted by Crippen LogP contribution is -2.54. The van der Waals surface area contributed by atoms with Crippen molar-refractivity contribution in [2.75, 3.05) is 0 Å². The van der Waals surface area contributed by atoms with E-state index in [0.29, 0.717) is 32.1 Å². The number of carbonyl (C=O) groups excluding carboxylic acids is 2. The zero-order valence-electron chi connectivity index (χ0n) is 15.0. The van der Waals surface area contributed by atoms with Gasteiger partial charge in [-0.05, 0) is 43.9 Å². The van der Waals surface area contributed by atoms with E-state index in [1.807, 2.05) is 0 Å². The van der Waals surface area contributed by atoms with E-state index in [2.05, 4.69) is 5.32 Å². The van der Waals surface area contributed by atoms with Crippen LogP contribution in [-0.4, -0.2) is 45.9 Å². The summed E-state index contributed by atoms with van der Waals surface area (Å²) in [6.45, 7) is 0. The topological polar surface area (TPSA) is 86.7 Å². The average molecular weight is 398 g/mol. The minimum atomic E-state index is -4.58. The Labute approximate surface area is 159 Å². The van der Waals surface area contributed by atoms with Gasteiger partial charge < -0.3 is 15.3 Å². The van der Waals surface area contributed by atoms with E-state index in [1.165, 1.54) is 11.0 Å². The molecule has 28 heavy (non-hydrogen) atoms. The van der Waals surface area contributed by atoms with E-state index in [9.17, 15) is 32.7 Å². The molecule has 1 aromatic carbocycles. The Morgan fingerprint density at radius 2 is 1.82 bits per heavy atom. The molecular weight excluding hydrogens is 377 g/mol. The number of hydrogen-bond donors (Lipinski definition) is 2.